The number of piperazine rings is 1. The highest BCUT2D eigenvalue weighted by atomic mass is 16.5. The standard InChI is InChI=1S/C15H24N4O2/c1-16-15(20)12-7-13(17(2)8-12)9-18-3-4-19-5-6-21-11-14(19)10-18/h7-8,14H,3-6,9-11H2,1-2H3,(H,16,20)/t14-/m0/s1. The van der Waals surface area contributed by atoms with E-state index >= 15 is 0 Å². The van der Waals surface area contributed by atoms with Crippen LogP contribution in [0.3, 0.4) is 0 Å². The second-order valence-electron chi connectivity index (χ2n) is 5.91. The van der Waals surface area contributed by atoms with Gasteiger partial charge in [0.2, 0.25) is 0 Å². The molecule has 1 aromatic heterocycles. The van der Waals surface area contributed by atoms with Crippen molar-refractivity contribution in [1.29, 1.82) is 0 Å². The van der Waals surface area contributed by atoms with Crippen molar-refractivity contribution in [3.63, 3.8) is 0 Å². The van der Waals surface area contributed by atoms with E-state index in [2.05, 4.69) is 15.1 Å². The van der Waals surface area contributed by atoms with Crippen LogP contribution < -0.4 is 5.32 Å². The smallest absolute Gasteiger partial charge is 0.252 e. The molecule has 0 bridgehead atoms. The Kier molecular flexibility index (Phi) is 4.28. The number of hydrogen-bond acceptors (Lipinski definition) is 4. The summed E-state index contributed by atoms with van der Waals surface area (Å²) in [5.74, 6) is -0.0256. The average molecular weight is 292 g/mol. The topological polar surface area (TPSA) is 49.7 Å². The molecule has 116 valence electrons. The van der Waals surface area contributed by atoms with Gasteiger partial charge in [0.1, 0.15) is 0 Å². The summed E-state index contributed by atoms with van der Waals surface area (Å²) >= 11 is 0. The minimum atomic E-state index is -0.0256. The maximum atomic E-state index is 11.7. The van der Waals surface area contributed by atoms with E-state index < -0.39 is 0 Å². The Hall–Kier alpha value is -1.37. The van der Waals surface area contributed by atoms with Crippen molar-refractivity contribution < 1.29 is 9.53 Å². The third kappa shape index (κ3) is 3.12. The van der Waals surface area contributed by atoms with E-state index in [1.54, 1.807) is 7.05 Å². The van der Waals surface area contributed by atoms with E-state index in [4.69, 9.17) is 4.74 Å². The molecule has 3 rings (SSSR count). The average Bonchev–Trinajstić information content (AvgIpc) is 2.87. The molecular formula is C15H24N4O2. The van der Waals surface area contributed by atoms with E-state index in [1.807, 2.05) is 23.9 Å². The zero-order valence-electron chi connectivity index (χ0n) is 12.8. The summed E-state index contributed by atoms with van der Waals surface area (Å²) in [6.45, 7) is 6.89. The maximum absolute atomic E-state index is 11.7. The Morgan fingerprint density at radius 3 is 3.10 bits per heavy atom. The van der Waals surface area contributed by atoms with Gasteiger partial charge in [-0.25, -0.2) is 0 Å². The van der Waals surface area contributed by atoms with Crippen molar-refractivity contribution in [2.75, 3.05) is 46.4 Å². The van der Waals surface area contributed by atoms with Gasteiger partial charge in [0.25, 0.3) is 5.91 Å². The van der Waals surface area contributed by atoms with Crippen LogP contribution in [0.5, 0.6) is 0 Å². The lowest BCUT2D eigenvalue weighted by molar-refractivity contribution is -0.0464. The molecule has 0 aliphatic carbocycles. The number of nitrogens with zero attached hydrogens (tertiary/aromatic N) is 3. The third-order valence-corrected chi connectivity index (χ3v) is 4.50. The minimum absolute atomic E-state index is 0.0256. The fourth-order valence-corrected chi connectivity index (χ4v) is 3.22. The highest BCUT2D eigenvalue weighted by molar-refractivity contribution is 5.94. The first-order valence-corrected chi connectivity index (χ1v) is 7.59. The number of carbonyl (C=O) groups excluding carboxylic acids is 1. The highest BCUT2D eigenvalue weighted by Crippen LogP contribution is 2.17. The van der Waals surface area contributed by atoms with Crippen LogP contribution in [0.1, 0.15) is 16.1 Å². The van der Waals surface area contributed by atoms with E-state index in [0.717, 1.165) is 51.5 Å². The lowest BCUT2D eigenvalue weighted by Crippen LogP contribution is -2.57. The first-order valence-electron chi connectivity index (χ1n) is 7.59. The van der Waals surface area contributed by atoms with Gasteiger partial charge in [-0.2, -0.15) is 0 Å². The van der Waals surface area contributed by atoms with Gasteiger partial charge in [-0.05, 0) is 6.07 Å². The summed E-state index contributed by atoms with van der Waals surface area (Å²) in [5.41, 5.74) is 1.91. The normalized spacial score (nSPS) is 23.8. The number of amides is 1. The van der Waals surface area contributed by atoms with Crippen LogP contribution in [0.4, 0.5) is 0 Å². The van der Waals surface area contributed by atoms with Gasteiger partial charge in [0.05, 0.1) is 18.8 Å². The number of aromatic nitrogens is 1. The van der Waals surface area contributed by atoms with Gasteiger partial charge in [0.15, 0.2) is 0 Å². The lowest BCUT2D eigenvalue weighted by atomic mass is 10.1. The Morgan fingerprint density at radius 1 is 1.43 bits per heavy atom. The van der Waals surface area contributed by atoms with Crippen LogP contribution in [0, 0.1) is 0 Å². The Balaban J connectivity index is 1.64. The van der Waals surface area contributed by atoms with Crippen molar-refractivity contribution in [3.05, 3.63) is 23.5 Å². The highest BCUT2D eigenvalue weighted by Gasteiger charge is 2.29. The summed E-state index contributed by atoms with van der Waals surface area (Å²) in [7, 11) is 3.67. The molecule has 2 aliphatic heterocycles. The molecular weight excluding hydrogens is 268 g/mol. The van der Waals surface area contributed by atoms with Crippen molar-refractivity contribution in [2.24, 2.45) is 7.05 Å². The Morgan fingerprint density at radius 2 is 2.29 bits per heavy atom. The summed E-state index contributed by atoms with van der Waals surface area (Å²) in [6.07, 6.45) is 1.90. The Bertz CT molecular complexity index is 514. The van der Waals surface area contributed by atoms with Crippen molar-refractivity contribution in [1.82, 2.24) is 19.7 Å². The molecule has 1 N–H and O–H groups in total. The van der Waals surface area contributed by atoms with Crippen LogP contribution >= 0.6 is 0 Å². The monoisotopic (exact) mass is 292 g/mol. The van der Waals surface area contributed by atoms with Gasteiger partial charge in [-0.3, -0.25) is 14.6 Å². The summed E-state index contributed by atoms with van der Waals surface area (Å²) in [5, 5.41) is 2.67. The minimum Gasteiger partial charge on any atom is -0.378 e. The molecule has 0 spiro atoms. The van der Waals surface area contributed by atoms with Crippen LogP contribution in [0.2, 0.25) is 0 Å². The zero-order valence-corrected chi connectivity index (χ0v) is 12.8. The molecule has 0 unspecified atom stereocenters. The van der Waals surface area contributed by atoms with Crippen LogP contribution in [0.25, 0.3) is 0 Å². The fourth-order valence-electron chi connectivity index (χ4n) is 3.22. The van der Waals surface area contributed by atoms with E-state index in [-0.39, 0.29) is 5.91 Å². The summed E-state index contributed by atoms with van der Waals surface area (Å²) in [4.78, 5) is 16.7. The van der Waals surface area contributed by atoms with Crippen molar-refractivity contribution in [2.45, 2.75) is 12.6 Å². The molecule has 3 heterocycles. The lowest BCUT2D eigenvalue weighted by Gasteiger charge is -2.43. The quantitative estimate of drug-likeness (QED) is 0.845. The fraction of sp³-hybridized carbons (Fsp3) is 0.667. The van der Waals surface area contributed by atoms with Crippen LogP contribution in [-0.4, -0.2) is 72.8 Å². The molecule has 2 aliphatic rings. The molecule has 1 amide bonds. The number of hydrogen-bond donors (Lipinski definition) is 1. The third-order valence-electron chi connectivity index (χ3n) is 4.50. The number of carbonyl (C=O) groups is 1. The van der Waals surface area contributed by atoms with Gasteiger partial charge < -0.3 is 14.6 Å². The number of nitrogens with one attached hydrogen (secondary N) is 1. The van der Waals surface area contributed by atoms with Gasteiger partial charge >= 0.3 is 0 Å². The van der Waals surface area contributed by atoms with Gasteiger partial charge in [-0.1, -0.05) is 0 Å². The maximum Gasteiger partial charge on any atom is 0.252 e. The first-order chi connectivity index (χ1) is 10.2. The molecule has 1 aromatic rings. The number of morpholine rings is 1. The molecule has 0 saturated carbocycles. The second-order valence-corrected chi connectivity index (χ2v) is 5.91. The molecule has 0 radical (unpaired) electrons. The van der Waals surface area contributed by atoms with E-state index in [9.17, 15) is 4.79 Å². The molecule has 21 heavy (non-hydrogen) atoms. The molecule has 6 heteroatoms. The molecule has 2 saturated heterocycles. The van der Waals surface area contributed by atoms with Crippen LogP contribution in [0.15, 0.2) is 12.3 Å². The Labute approximate surface area is 125 Å². The number of aryl methyl sites for hydroxylation is 1. The van der Waals surface area contributed by atoms with Crippen molar-refractivity contribution in [3.8, 4) is 0 Å². The number of ether oxygens (including phenoxy) is 1. The number of fused-ring (bicyclic) bond motifs is 1. The molecule has 0 aromatic carbocycles. The number of rotatable bonds is 3. The van der Waals surface area contributed by atoms with Crippen molar-refractivity contribution >= 4 is 5.91 Å². The second kappa shape index (κ2) is 6.17. The largest absolute Gasteiger partial charge is 0.378 e. The first kappa shape index (κ1) is 14.6. The van der Waals surface area contributed by atoms with Gasteiger partial charge in [-0.15, -0.1) is 0 Å². The molecule has 1 atom stereocenters. The molecule has 2 fully saturated rings. The SMILES string of the molecule is CNC(=O)c1cc(CN2CCN3CCOC[C@@H]3C2)n(C)c1. The van der Waals surface area contributed by atoms with Gasteiger partial charge in [0, 0.05) is 64.8 Å². The predicted octanol–water partition coefficient (Wildman–Crippen LogP) is -0.0989. The molecule has 6 nitrogen and oxygen atoms in total. The van der Waals surface area contributed by atoms with E-state index in [1.165, 1.54) is 5.69 Å². The summed E-state index contributed by atoms with van der Waals surface area (Å²) in [6, 6.07) is 2.51. The zero-order chi connectivity index (χ0) is 14.8. The van der Waals surface area contributed by atoms with Crippen LogP contribution in [-0.2, 0) is 18.3 Å². The van der Waals surface area contributed by atoms with E-state index in [0.29, 0.717) is 6.04 Å². The predicted molar refractivity (Wildman–Crippen MR) is 80.3 cm³/mol. The summed E-state index contributed by atoms with van der Waals surface area (Å²) < 4.78 is 7.63.